The van der Waals surface area contributed by atoms with Crippen LogP contribution in [0.25, 0.3) is 0 Å². The Kier molecular flexibility index (Phi) is 3.13. The van der Waals surface area contributed by atoms with Crippen LogP contribution in [0.1, 0.15) is 5.56 Å². The van der Waals surface area contributed by atoms with Gasteiger partial charge in [-0.15, -0.1) is 0 Å². The first-order valence-corrected chi connectivity index (χ1v) is 6.66. The Balaban J connectivity index is 2.63. The number of benzene rings is 1. The second-order valence-corrected chi connectivity index (χ2v) is 5.70. The van der Waals surface area contributed by atoms with E-state index in [1.807, 2.05) is 0 Å². The molecule has 0 unspecified atom stereocenters. The molecule has 1 heterocycles. The number of sulfone groups is 1. The minimum atomic E-state index is -3.63. The van der Waals surface area contributed by atoms with Crippen LogP contribution in [0.5, 0.6) is 0 Å². The zero-order valence-electron chi connectivity index (χ0n) is 8.96. The van der Waals surface area contributed by atoms with Crippen molar-refractivity contribution >= 4 is 21.4 Å². The van der Waals surface area contributed by atoms with Gasteiger partial charge in [-0.1, -0.05) is 29.8 Å². The Morgan fingerprint density at radius 3 is 2.53 bits per heavy atom. The lowest BCUT2D eigenvalue weighted by Crippen LogP contribution is -2.06. The van der Waals surface area contributed by atoms with Crippen molar-refractivity contribution < 1.29 is 8.42 Å². The number of aryl methyl sites for hydroxylation is 1. The molecule has 0 spiro atoms. The van der Waals surface area contributed by atoms with E-state index in [0.717, 1.165) is 6.33 Å². The van der Waals surface area contributed by atoms with Crippen molar-refractivity contribution in [1.29, 1.82) is 0 Å². The highest BCUT2D eigenvalue weighted by Crippen LogP contribution is 2.22. The van der Waals surface area contributed by atoms with Gasteiger partial charge in [-0.2, -0.15) is 0 Å². The molecule has 6 heteroatoms. The normalized spacial score (nSPS) is 11.4. The summed E-state index contributed by atoms with van der Waals surface area (Å²) in [5.74, 6) is 0. The lowest BCUT2D eigenvalue weighted by Gasteiger charge is -2.06. The van der Waals surface area contributed by atoms with Gasteiger partial charge < -0.3 is 0 Å². The average Bonchev–Trinajstić information content (AvgIpc) is 2.29. The molecule has 0 aliphatic carbocycles. The van der Waals surface area contributed by atoms with Crippen molar-refractivity contribution in [3.8, 4) is 0 Å². The first-order chi connectivity index (χ1) is 8.01. The maximum atomic E-state index is 12.3. The Labute approximate surface area is 104 Å². The molecule has 0 radical (unpaired) electrons. The Morgan fingerprint density at radius 1 is 1.18 bits per heavy atom. The van der Waals surface area contributed by atoms with Gasteiger partial charge in [-0.25, -0.2) is 18.4 Å². The lowest BCUT2D eigenvalue weighted by molar-refractivity contribution is 0.591. The molecule has 0 saturated heterocycles. The molecule has 1 aromatic heterocycles. The molecule has 2 aromatic rings. The summed E-state index contributed by atoms with van der Waals surface area (Å²) in [4.78, 5) is 7.64. The molecule has 2 rings (SSSR count). The molecule has 0 amide bonds. The zero-order chi connectivity index (χ0) is 12.5. The molecular formula is C11H9ClN2O2S. The predicted octanol–water partition coefficient (Wildman–Crippen LogP) is 2.27. The topological polar surface area (TPSA) is 59.9 Å². The third kappa shape index (κ3) is 2.30. The summed E-state index contributed by atoms with van der Waals surface area (Å²) < 4.78 is 24.5. The monoisotopic (exact) mass is 268 g/mol. The maximum Gasteiger partial charge on any atom is 0.224 e. The van der Waals surface area contributed by atoms with Gasteiger partial charge in [-0.05, 0) is 18.6 Å². The number of nitrogens with zero attached hydrogens (tertiary/aromatic N) is 2. The van der Waals surface area contributed by atoms with Crippen LogP contribution < -0.4 is 0 Å². The van der Waals surface area contributed by atoms with E-state index in [1.165, 1.54) is 6.07 Å². The SMILES string of the molecule is Cc1ccccc1S(=O)(=O)c1cc(Cl)ncn1. The molecule has 0 aliphatic heterocycles. The van der Waals surface area contributed by atoms with Gasteiger partial charge in [-0.3, -0.25) is 0 Å². The smallest absolute Gasteiger partial charge is 0.224 e. The van der Waals surface area contributed by atoms with Crippen molar-refractivity contribution in [2.24, 2.45) is 0 Å². The molecule has 0 fully saturated rings. The highest BCUT2D eigenvalue weighted by Gasteiger charge is 2.21. The molecule has 0 atom stereocenters. The van der Waals surface area contributed by atoms with E-state index in [4.69, 9.17) is 11.6 Å². The quantitative estimate of drug-likeness (QED) is 0.784. The summed E-state index contributed by atoms with van der Waals surface area (Å²) in [6.45, 7) is 1.73. The number of halogens is 1. The van der Waals surface area contributed by atoms with Crippen LogP contribution >= 0.6 is 11.6 Å². The molecule has 88 valence electrons. The van der Waals surface area contributed by atoms with Crippen molar-refractivity contribution in [3.63, 3.8) is 0 Å². The number of aromatic nitrogens is 2. The lowest BCUT2D eigenvalue weighted by atomic mass is 10.2. The van der Waals surface area contributed by atoms with Gasteiger partial charge >= 0.3 is 0 Å². The third-order valence-electron chi connectivity index (χ3n) is 2.27. The van der Waals surface area contributed by atoms with Crippen LogP contribution in [0.15, 0.2) is 46.6 Å². The fourth-order valence-electron chi connectivity index (χ4n) is 1.43. The highest BCUT2D eigenvalue weighted by molar-refractivity contribution is 7.91. The van der Waals surface area contributed by atoms with Crippen molar-refractivity contribution in [2.45, 2.75) is 16.8 Å². The number of rotatable bonds is 2. The van der Waals surface area contributed by atoms with Gasteiger partial charge in [0.25, 0.3) is 0 Å². The van der Waals surface area contributed by atoms with Crippen LogP contribution in [-0.2, 0) is 9.84 Å². The Hall–Kier alpha value is -1.46. The fraction of sp³-hybridized carbons (Fsp3) is 0.0909. The van der Waals surface area contributed by atoms with Crippen molar-refractivity contribution in [3.05, 3.63) is 47.4 Å². The minimum absolute atomic E-state index is 0.0909. The largest absolute Gasteiger partial charge is 0.225 e. The Bertz CT molecular complexity index is 656. The summed E-state index contributed by atoms with van der Waals surface area (Å²) in [5, 5.41) is 0.0129. The fourth-order valence-corrected chi connectivity index (χ4v) is 3.07. The zero-order valence-corrected chi connectivity index (χ0v) is 10.5. The van der Waals surface area contributed by atoms with Gasteiger partial charge in [0, 0.05) is 6.07 Å². The standard InChI is InChI=1S/C11H9ClN2O2S/c1-8-4-2-3-5-9(8)17(15,16)11-6-10(12)13-7-14-11/h2-7H,1H3. The molecular weight excluding hydrogens is 260 g/mol. The molecule has 1 aromatic carbocycles. The van der Waals surface area contributed by atoms with E-state index in [1.54, 1.807) is 31.2 Å². The van der Waals surface area contributed by atoms with E-state index < -0.39 is 9.84 Å². The summed E-state index contributed by atoms with van der Waals surface area (Å²) in [5.41, 5.74) is 0.669. The first-order valence-electron chi connectivity index (χ1n) is 4.80. The van der Waals surface area contributed by atoms with Gasteiger partial charge in [0.1, 0.15) is 11.5 Å². The molecule has 4 nitrogen and oxygen atoms in total. The van der Waals surface area contributed by atoms with E-state index in [2.05, 4.69) is 9.97 Å². The number of hydrogen-bond acceptors (Lipinski definition) is 4. The van der Waals surface area contributed by atoms with E-state index in [9.17, 15) is 8.42 Å². The molecule has 0 bridgehead atoms. The van der Waals surface area contributed by atoms with Crippen LogP contribution in [0.2, 0.25) is 5.15 Å². The van der Waals surface area contributed by atoms with E-state index >= 15 is 0 Å². The van der Waals surface area contributed by atoms with Crippen LogP contribution in [-0.4, -0.2) is 18.4 Å². The van der Waals surface area contributed by atoms with Crippen molar-refractivity contribution in [2.75, 3.05) is 0 Å². The average molecular weight is 269 g/mol. The summed E-state index contributed by atoms with van der Waals surface area (Å²) >= 11 is 5.66. The van der Waals surface area contributed by atoms with Crippen LogP contribution in [0.3, 0.4) is 0 Å². The molecule has 0 N–H and O–H groups in total. The number of hydrogen-bond donors (Lipinski definition) is 0. The van der Waals surface area contributed by atoms with Crippen LogP contribution in [0.4, 0.5) is 0 Å². The summed E-state index contributed by atoms with van der Waals surface area (Å²) in [6, 6.07) is 7.96. The van der Waals surface area contributed by atoms with Gasteiger partial charge in [0.2, 0.25) is 9.84 Å². The minimum Gasteiger partial charge on any atom is -0.225 e. The maximum absolute atomic E-state index is 12.3. The molecule has 0 aliphatic rings. The molecule has 17 heavy (non-hydrogen) atoms. The second-order valence-electron chi connectivity index (χ2n) is 3.45. The van der Waals surface area contributed by atoms with Crippen molar-refractivity contribution in [1.82, 2.24) is 9.97 Å². The summed E-state index contributed by atoms with van der Waals surface area (Å²) in [7, 11) is -3.63. The predicted molar refractivity (Wildman–Crippen MR) is 63.7 cm³/mol. The first kappa shape index (κ1) is 12.0. The van der Waals surface area contributed by atoms with Gasteiger partial charge in [0.05, 0.1) is 4.90 Å². The highest BCUT2D eigenvalue weighted by atomic mass is 35.5. The van der Waals surface area contributed by atoms with Crippen LogP contribution in [0, 0.1) is 6.92 Å². The second kappa shape index (κ2) is 4.43. The van der Waals surface area contributed by atoms with E-state index in [-0.39, 0.29) is 15.1 Å². The third-order valence-corrected chi connectivity index (χ3v) is 4.28. The summed E-state index contributed by atoms with van der Waals surface area (Å²) in [6.07, 6.45) is 1.13. The molecule has 0 saturated carbocycles. The Morgan fingerprint density at radius 2 is 1.88 bits per heavy atom. The van der Waals surface area contributed by atoms with E-state index in [0.29, 0.717) is 5.56 Å². The van der Waals surface area contributed by atoms with Gasteiger partial charge in [0.15, 0.2) is 5.03 Å².